The molecule has 2 heterocycles. The van der Waals surface area contributed by atoms with Crippen LogP contribution in [0.3, 0.4) is 0 Å². The van der Waals surface area contributed by atoms with E-state index in [0.717, 1.165) is 32.2 Å². The molecule has 0 aromatic heterocycles. The first-order valence-corrected chi connectivity index (χ1v) is 8.12. The molecule has 0 aromatic rings. The third-order valence-corrected chi connectivity index (χ3v) is 4.87. The number of nitrogens with one attached hydrogen (secondary N) is 1. The lowest BCUT2D eigenvalue weighted by Crippen LogP contribution is -2.64. The van der Waals surface area contributed by atoms with E-state index in [4.69, 9.17) is 4.74 Å². The minimum absolute atomic E-state index is 0.235. The van der Waals surface area contributed by atoms with Crippen LogP contribution in [-0.4, -0.2) is 48.8 Å². The lowest BCUT2D eigenvalue weighted by atomic mass is 9.90. The Balaban J connectivity index is 1.97. The van der Waals surface area contributed by atoms with Gasteiger partial charge in [-0.15, -0.1) is 0 Å². The summed E-state index contributed by atoms with van der Waals surface area (Å²) in [6.45, 7) is 13.7. The van der Waals surface area contributed by atoms with E-state index in [9.17, 15) is 0 Å². The second kappa shape index (κ2) is 6.55. The van der Waals surface area contributed by atoms with Gasteiger partial charge in [0, 0.05) is 37.8 Å². The second-order valence-corrected chi connectivity index (χ2v) is 7.14. The molecule has 2 aliphatic heterocycles. The van der Waals surface area contributed by atoms with E-state index in [2.05, 4.69) is 37.9 Å². The predicted octanol–water partition coefficient (Wildman–Crippen LogP) is 2.65. The van der Waals surface area contributed by atoms with E-state index in [1.807, 2.05) is 0 Å². The first-order valence-electron chi connectivity index (χ1n) is 8.12. The Labute approximate surface area is 119 Å². The van der Waals surface area contributed by atoms with E-state index in [1.165, 1.54) is 25.7 Å². The van der Waals surface area contributed by atoms with Crippen LogP contribution in [0.4, 0.5) is 0 Å². The summed E-state index contributed by atoms with van der Waals surface area (Å²) in [5, 5.41) is 3.71. The predicted molar refractivity (Wildman–Crippen MR) is 80.5 cm³/mol. The van der Waals surface area contributed by atoms with Crippen LogP contribution in [0.2, 0.25) is 0 Å². The maximum Gasteiger partial charge on any atom is 0.0702 e. The Morgan fingerprint density at radius 1 is 1.37 bits per heavy atom. The monoisotopic (exact) mass is 268 g/mol. The zero-order chi connectivity index (χ0) is 13.9. The van der Waals surface area contributed by atoms with Crippen molar-refractivity contribution in [1.82, 2.24) is 10.2 Å². The van der Waals surface area contributed by atoms with Crippen molar-refractivity contribution >= 4 is 0 Å². The third-order valence-electron chi connectivity index (χ3n) is 4.87. The molecule has 19 heavy (non-hydrogen) atoms. The Bertz CT molecular complexity index is 274. The highest BCUT2D eigenvalue weighted by Crippen LogP contribution is 2.24. The van der Waals surface area contributed by atoms with Crippen LogP contribution in [0.15, 0.2) is 0 Å². The van der Waals surface area contributed by atoms with Gasteiger partial charge in [0.25, 0.3) is 0 Å². The summed E-state index contributed by atoms with van der Waals surface area (Å²) in [6, 6.07) is 0.670. The van der Waals surface area contributed by atoms with Crippen LogP contribution in [0, 0.1) is 5.92 Å². The van der Waals surface area contributed by atoms with Gasteiger partial charge < -0.3 is 10.1 Å². The lowest BCUT2D eigenvalue weighted by molar-refractivity contribution is -0.0344. The molecular weight excluding hydrogens is 236 g/mol. The van der Waals surface area contributed by atoms with Crippen LogP contribution in [0.5, 0.6) is 0 Å². The van der Waals surface area contributed by atoms with Gasteiger partial charge >= 0.3 is 0 Å². The van der Waals surface area contributed by atoms with Crippen LogP contribution in [-0.2, 0) is 4.74 Å². The highest BCUT2D eigenvalue weighted by Gasteiger charge is 2.35. The molecule has 0 aliphatic carbocycles. The molecule has 0 amide bonds. The van der Waals surface area contributed by atoms with Crippen molar-refractivity contribution in [2.45, 2.75) is 71.1 Å². The van der Waals surface area contributed by atoms with E-state index in [-0.39, 0.29) is 5.54 Å². The summed E-state index contributed by atoms with van der Waals surface area (Å²) in [5.74, 6) is 0.757. The summed E-state index contributed by atoms with van der Waals surface area (Å²) in [5.41, 5.74) is 0.235. The SMILES string of the molecule is CCC(C)C1CNC(C)(C)CN1CC1CCCCO1. The van der Waals surface area contributed by atoms with E-state index >= 15 is 0 Å². The third kappa shape index (κ3) is 4.17. The zero-order valence-electron chi connectivity index (χ0n) is 13.2. The van der Waals surface area contributed by atoms with Crippen molar-refractivity contribution in [2.24, 2.45) is 5.92 Å². The van der Waals surface area contributed by atoms with Gasteiger partial charge in [-0.05, 0) is 39.0 Å². The van der Waals surface area contributed by atoms with Crippen LogP contribution in [0.25, 0.3) is 0 Å². The zero-order valence-corrected chi connectivity index (χ0v) is 13.2. The molecule has 3 unspecified atom stereocenters. The Morgan fingerprint density at radius 3 is 2.79 bits per heavy atom. The highest BCUT2D eigenvalue weighted by molar-refractivity contribution is 4.94. The van der Waals surface area contributed by atoms with Crippen LogP contribution in [0.1, 0.15) is 53.4 Å². The Kier molecular flexibility index (Phi) is 5.27. The van der Waals surface area contributed by atoms with Crippen molar-refractivity contribution in [3.8, 4) is 0 Å². The van der Waals surface area contributed by atoms with Gasteiger partial charge in [0.2, 0.25) is 0 Å². The Hall–Kier alpha value is -0.120. The number of rotatable bonds is 4. The van der Waals surface area contributed by atoms with Crippen molar-refractivity contribution in [1.29, 1.82) is 0 Å². The van der Waals surface area contributed by atoms with Gasteiger partial charge in [0.05, 0.1) is 6.10 Å². The smallest absolute Gasteiger partial charge is 0.0702 e. The van der Waals surface area contributed by atoms with Crippen molar-refractivity contribution < 1.29 is 4.74 Å². The first-order chi connectivity index (χ1) is 9.02. The van der Waals surface area contributed by atoms with Gasteiger partial charge in [-0.2, -0.15) is 0 Å². The number of nitrogens with zero attached hydrogens (tertiary/aromatic N) is 1. The fourth-order valence-corrected chi connectivity index (χ4v) is 3.44. The number of piperazine rings is 1. The molecule has 0 radical (unpaired) electrons. The maximum atomic E-state index is 5.95. The largest absolute Gasteiger partial charge is 0.377 e. The van der Waals surface area contributed by atoms with Gasteiger partial charge in [0.1, 0.15) is 0 Å². The summed E-state index contributed by atoms with van der Waals surface area (Å²) >= 11 is 0. The fraction of sp³-hybridized carbons (Fsp3) is 1.00. The quantitative estimate of drug-likeness (QED) is 0.848. The van der Waals surface area contributed by atoms with Gasteiger partial charge in [0.15, 0.2) is 0 Å². The average molecular weight is 268 g/mol. The maximum absolute atomic E-state index is 5.95. The van der Waals surface area contributed by atoms with Crippen molar-refractivity contribution in [3.05, 3.63) is 0 Å². The van der Waals surface area contributed by atoms with Crippen LogP contribution >= 0.6 is 0 Å². The second-order valence-electron chi connectivity index (χ2n) is 7.14. The van der Waals surface area contributed by atoms with Crippen molar-refractivity contribution in [3.63, 3.8) is 0 Å². The molecule has 0 saturated carbocycles. The molecule has 3 heteroatoms. The number of hydrogen-bond acceptors (Lipinski definition) is 3. The molecular formula is C16H32N2O. The van der Waals surface area contributed by atoms with E-state index < -0.39 is 0 Å². The summed E-state index contributed by atoms with van der Waals surface area (Å²) in [6.07, 6.45) is 5.56. The average Bonchev–Trinajstić information content (AvgIpc) is 2.38. The van der Waals surface area contributed by atoms with E-state index in [1.54, 1.807) is 0 Å². The van der Waals surface area contributed by atoms with E-state index in [0.29, 0.717) is 12.1 Å². The van der Waals surface area contributed by atoms with Gasteiger partial charge in [-0.25, -0.2) is 0 Å². The molecule has 2 rings (SSSR count). The molecule has 2 saturated heterocycles. The van der Waals surface area contributed by atoms with Crippen molar-refractivity contribution in [2.75, 3.05) is 26.2 Å². The number of ether oxygens (including phenoxy) is 1. The van der Waals surface area contributed by atoms with Gasteiger partial charge in [-0.3, -0.25) is 4.90 Å². The molecule has 0 spiro atoms. The highest BCUT2D eigenvalue weighted by atomic mass is 16.5. The molecule has 3 nitrogen and oxygen atoms in total. The number of hydrogen-bond donors (Lipinski definition) is 1. The standard InChI is InChI=1S/C16H32N2O/c1-5-13(2)15-10-17-16(3,4)12-18(15)11-14-8-6-7-9-19-14/h13-15,17H,5-12H2,1-4H3. The molecule has 112 valence electrons. The topological polar surface area (TPSA) is 24.5 Å². The Morgan fingerprint density at radius 2 is 2.16 bits per heavy atom. The lowest BCUT2D eigenvalue weighted by Gasteiger charge is -2.48. The summed E-state index contributed by atoms with van der Waals surface area (Å²) < 4.78 is 5.95. The van der Waals surface area contributed by atoms with Gasteiger partial charge in [-0.1, -0.05) is 20.3 Å². The normalized spacial score (nSPS) is 34.1. The molecule has 2 aliphatic rings. The summed E-state index contributed by atoms with van der Waals surface area (Å²) in [4.78, 5) is 2.70. The molecule has 2 fully saturated rings. The molecule has 0 aromatic carbocycles. The summed E-state index contributed by atoms with van der Waals surface area (Å²) in [7, 11) is 0. The first kappa shape index (κ1) is 15.3. The van der Waals surface area contributed by atoms with Crippen LogP contribution < -0.4 is 5.32 Å². The minimum Gasteiger partial charge on any atom is -0.377 e. The molecule has 1 N–H and O–H groups in total. The minimum atomic E-state index is 0.235. The fourth-order valence-electron chi connectivity index (χ4n) is 3.44. The molecule has 3 atom stereocenters. The molecule has 0 bridgehead atoms.